The molecular weight excluding hydrogens is 725 g/mol. The van der Waals surface area contributed by atoms with Gasteiger partial charge in [0, 0.05) is 12.8 Å². The van der Waals surface area contributed by atoms with E-state index in [0.29, 0.717) is 17.4 Å². The fourth-order valence-corrected chi connectivity index (χ4v) is 6.61. The first-order chi connectivity index (χ1) is 27.0. The van der Waals surface area contributed by atoms with E-state index in [1.165, 1.54) is 77.0 Å². The van der Waals surface area contributed by atoms with Crippen molar-refractivity contribution < 1.29 is 42.1 Å². The summed E-state index contributed by atoms with van der Waals surface area (Å²) in [5.74, 6) is -0.860. The minimum Gasteiger partial charge on any atom is -0.756 e. The summed E-state index contributed by atoms with van der Waals surface area (Å²) in [5, 5.41) is 0. The molecule has 0 radical (unpaired) electrons. The molecule has 0 aliphatic heterocycles. The van der Waals surface area contributed by atoms with Crippen LogP contribution in [-0.2, 0) is 32.7 Å². The first kappa shape index (κ1) is 54.0. The van der Waals surface area contributed by atoms with Gasteiger partial charge in [-0.3, -0.25) is 14.2 Å². The van der Waals surface area contributed by atoms with Crippen molar-refractivity contribution in [2.75, 3.05) is 47.5 Å². The van der Waals surface area contributed by atoms with E-state index >= 15 is 0 Å². The highest BCUT2D eigenvalue weighted by Gasteiger charge is 2.21. The van der Waals surface area contributed by atoms with Crippen molar-refractivity contribution in [2.45, 2.75) is 187 Å². The van der Waals surface area contributed by atoms with Crippen molar-refractivity contribution in [2.24, 2.45) is 0 Å². The molecule has 1 unspecified atom stereocenters. The third-order valence-electron chi connectivity index (χ3n) is 9.36. The number of quaternary nitrogens is 1. The minimum atomic E-state index is -4.63. The Balaban J connectivity index is 4.39. The largest absolute Gasteiger partial charge is 0.756 e. The molecule has 0 fully saturated rings. The molecule has 0 amide bonds. The lowest BCUT2D eigenvalue weighted by Crippen LogP contribution is -2.37. The van der Waals surface area contributed by atoms with Gasteiger partial charge in [-0.15, -0.1) is 0 Å². The number of carbonyl (C=O) groups is 2. The topological polar surface area (TPSA) is 111 Å². The van der Waals surface area contributed by atoms with Gasteiger partial charge in [-0.25, -0.2) is 0 Å². The van der Waals surface area contributed by atoms with Crippen molar-refractivity contribution in [1.82, 2.24) is 0 Å². The third kappa shape index (κ3) is 41.6. The van der Waals surface area contributed by atoms with Crippen LogP contribution in [0, 0.1) is 0 Å². The van der Waals surface area contributed by atoms with Gasteiger partial charge in [0.15, 0.2) is 6.10 Å². The zero-order valence-corrected chi connectivity index (χ0v) is 37.5. The van der Waals surface area contributed by atoms with Gasteiger partial charge in [0.05, 0.1) is 27.7 Å². The fraction of sp³-hybridized carbons (Fsp3) is 0.783. The van der Waals surface area contributed by atoms with Crippen molar-refractivity contribution >= 4 is 19.8 Å². The van der Waals surface area contributed by atoms with Crippen LogP contribution in [0.2, 0.25) is 0 Å². The molecule has 0 saturated carbocycles. The Morgan fingerprint density at radius 3 is 1.52 bits per heavy atom. The predicted octanol–water partition coefficient (Wildman–Crippen LogP) is 12.1. The Hall–Kier alpha value is -2.03. The van der Waals surface area contributed by atoms with Crippen LogP contribution in [0.1, 0.15) is 181 Å². The van der Waals surface area contributed by atoms with E-state index in [1.54, 1.807) is 0 Å². The van der Waals surface area contributed by atoms with Gasteiger partial charge >= 0.3 is 11.9 Å². The molecule has 0 aromatic heterocycles. The lowest BCUT2D eigenvalue weighted by Gasteiger charge is -2.28. The van der Waals surface area contributed by atoms with Gasteiger partial charge in [0.1, 0.15) is 19.8 Å². The summed E-state index contributed by atoms with van der Waals surface area (Å²) in [6.45, 7) is 4.09. The zero-order valence-electron chi connectivity index (χ0n) is 36.6. The van der Waals surface area contributed by atoms with Crippen molar-refractivity contribution in [1.29, 1.82) is 0 Å². The molecule has 0 aromatic carbocycles. The van der Waals surface area contributed by atoms with E-state index in [4.69, 9.17) is 18.5 Å². The highest BCUT2D eigenvalue weighted by Crippen LogP contribution is 2.38. The maximum absolute atomic E-state index is 12.7. The van der Waals surface area contributed by atoms with Crippen LogP contribution in [0.25, 0.3) is 0 Å². The number of phosphoric ester groups is 1. The van der Waals surface area contributed by atoms with E-state index in [1.807, 2.05) is 21.1 Å². The van der Waals surface area contributed by atoms with E-state index in [2.05, 4.69) is 62.5 Å². The molecule has 10 heteroatoms. The summed E-state index contributed by atoms with van der Waals surface area (Å²) in [5.41, 5.74) is 0. The Morgan fingerprint density at radius 2 is 1.02 bits per heavy atom. The maximum atomic E-state index is 12.7. The Bertz CT molecular complexity index is 1100. The van der Waals surface area contributed by atoms with E-state index < -0.39 is 32.5 Å². The minimum absolute atomic E-state index is 0.0365. The van der Waals surface area contributed by atoms with Gasteiger partial charge in [-0.2, -0.15) is 0 Å². The van der Waals surface area contributed by atoms with E-state index in [0.717, 1.165) is 70.6 Å². The first-order valence-electron chi connectivity index (χ1n) is 22.3. The average Bonchev–Trinajstić information content (AvgIpc) is 3.15. The van der Waals surface area contributed by atoms with E-state index in [-0.39, 0.29) is 26.1 Å². The number of ether oxygens (including phenoxy) is 2. The van der Waals surface area contributed by atoms with E-state index in [9.17, 15) is 19.0 Å². The number of esters is 2. The molecule has 0 N–H and O–H groups in total. The number of nitrogens with zero attached hydrogens (tertiary/aromatic N) is 1. The fourth-order valence-electron chi connectivity index (χ4n) is 5.88. The zero-order chi connectivity index (χ0) is 41.4. The molecule has 0 aromatic rings. The van der Waals surface area contributed by atoms with Crippen molar-refractivity contribution in [3.05, 3.63) is 48.6 Å². The molecule has 0 aliphatic rings. The second-order valence-corrected chi connectivity index (χ2v) is 17.4. The smallest absolute Gasteiger partial charge is 0.306 e. The molecule has 0 heterocycles. The summed E-state index contributed by atoms with van der Waals surface area (Å²) in [6.07, 6.45) is 44.2. The summed E-state index contributed by atoms with van der Waals surface area (Å²) < 4.78 is 33.9. The van der Waals surface area contributed by atoms with Gasteiger partial charge in [0.25, 0.3) is 7.82 Å². The molecule has 56 heavy (non-hydrogen) atoms. The van der Waals surface area contributed by atoms with Gasteiger partial charge in [-0.1, -0.05) is 165 Å². The third-order valence-corrected chi connectivity index (χ3v) is 10.3. The molecule has 2 atom stereocenters. The number of unbranched alkanes of at least 4 members (excludes halogenated alkanes) is 18. The quantitative estimate of drug-likeness (QED) is 0.0198. The summed E-state index contributed by atoms with van der Waals surface area (Å²) >= 11 is 0. The monoisotopic (exact) mass is 810 g/mol. The molecule has 0 bridgehead atoms. The van der Waals surface area contributed by atoms with Crippen LogP contribution in [-0.4, -0.2) is 70.0 Å². The van der Waals surface area contributed by atoms with Crippen LogP contribution < -0.4 is 4.89 Å². The number of hydrogen-bond acceptors (Lipinski definition) is 8. The lowest BCUT2D eigenvalue weighted by molar-refractivity contribution is -0.870. The molecule has 0 spiro atoms. The van der Waals surface area contributed by atoms with Gasteiger partial charge in [0.2, 0.25) is 0 Å². The number of likely N-dealkylation sites (N-methyl/N-ethyl adjacent to an activating group) is 1. The predicted molar refractivity (Wildman–Crippen MR) is 231 cm³/mol. The number of hydrogen-bond donors (Lipinski definition) is 0. The highest BCUT2D eigenvalue weighted by atomic mass is 31.2. The first-order valence-corrected chi connectivity index (χ1v) is 23.8. The highest BCUT2D eigenvalue weighted by molar-refractivity contribution is 7.45. The number of phosphoric acid groups is 1. The Labute approximate surface area is 343 Å². The Morgan fingerprint density at radius 1 is 0.571 bits per heavy atom. The maximum Gasteiger partial charge on any atom is 0.306 e. The summed E-state index contributed by atoms with van der Waals surface area (Å²) in [4.78, 5) is 37.5. The second-order valence-electron chi connectivity index (χ2n) is 16.0. The number of rotatable bonds is 40. The number of carbonyl (C=O) groups excluding carboxylic acids is 2. The molecule has 0 aliphatic carbocycles. The van der Waals surface area contributed by atoms with Crippen molar-refractivity contribution in [3.63, 3.8) is 0 Å². The van der Waals surface area contributed by atoms with Crippen LogP contribution in [0.4, 0.5) is 0 Å². The Kier molecular flexibility index (Phi) is 37.1. The summed E-state index contributed by atoms with van der Waals surface area (Å²) in [7, 11) is 1.15. The SMILES string of the molecule is CC/C=C\C/C=C\C/C=C\C/C=C\CCCCCCC(=O)O[C@H](COC(=O)CCCCCCCCCCCCCCCCC)COP(=O)([O-])OCC[N+](C)(C)C. The number of allylic oxidation sites excluding steroid dienone is 8. The van der Waals surface area contributed by atoms with Gasteiger partial charge < -0.3 is 27.9 Å². The van der Waals surface area contributed by atoms with Gasteiger partial charge in [-0.05, 0) is 51.4 Å². The molecule has 0 saturated heterocycles. The normalized spacial score (nSPS) is 14.0. The average molecular weight is 810 g/mol. The lowest BCUT2D eigenvalue weighted by atomic mass is 10.0. The van der Waals surface area contributed by atoms with Crippen LogP contribution in [0.3, 0.4) is 0 Å². The molecule has 326 valence electrons. The van der Waals surface area contributed by atoms with Crippen molar-refractivity contribution in [3.8, 4) is 0 Å². The van der Waals surface area contributed by atoms with Crippen LogP contribution in [0.5, 0.6) is 0 Å². The standard InChI is InChI=1S/C46H84NO8P/c1-6-8-10-12-14-16-18-20-22-23-25-27-29-31-33-35-37-39-46(49)55-44(43-54-56(50,51)53-41-40-47(3,4)5)42-52-45(48)38-36-34-32-30-28-26-24-21-19-17-15-13-11-9-7-2/h8,10,14,16,20,22,25,27,44H,6-7,9,11-13,15,17-19,21,23-24,26,28-43H2,1-5H3/b10-8-,16-14-,22-20-,27-25-/t44-/m1/s1. The molecule has 0 rings (SSSR count). The second kappa shape index (κ2) is 38.5. The molecule has 9 nitrogen and oxygen atoms in total. The van der Waals surface area contributed by atoms with Crippen LogP contribution in [0.15, 0.2) is 48.6 Å². The molecular formula is C46H84NO8P. The summed E-state index contributed by atoms with van der Waals surface area (Å²) in [6, 6.07) is 0. The van der Waals surface area contributed by atoms with Crippen LogP contribution >= 0.6 is 7.82 Å².